The number of H-pyrrole nitrogens is 1. The van der Waals surface area contributed by atoms with Crippen molar-refractivity contribution in [3.63, 3.8) is 0 Å². The van der Waals surface area contributed by atoms with Crippen LogP contribution in [0.5, 0.6) is 23.0 Å². The zero-order valence-corrected chi connectivity index (χ0v) is 21.4. The molecule has 198 valence electrons. The number of rotatable bonds is 9. The number of aromatic nitrogens is 2. The van der Waals surface area contributed by atoms with Crippen LogP contribution in [0.15, 0.2) is 70.4 Å². The van der Waals surface area contributed by atoms with Crippen molar-refractivity contribution in [2.24, 2.45) is 0 Å². The number of aromatic amines is 1. The van der Waals surface area contributed by atoms with Crippen LogP contribution < -0.4 is 29.8 Å². The first-order chi connectivity index (χ1) is 17.7. The molecule has 0 amide bonds. The molecule has 0 bridgehead atoms. The fourth-order valence-corrected chi connectivity index (χ4v) is 7.35. The Kier molecular flexibility index (Phi) is 7.74. The van der Waals surface area contributed by atoms with Gasteiger partial charge in [0.1, 0.15) is 41.3 Å². The highest BCUT2D eigenvalue weighted by atomic mass is 32.5. The van der Waals surface area contributed by atoms with E-state index >= 15 is 0 Å². The lowest BCUT2D eigenvalue weighted by Crippen LogP contribution is -2.52. The van der Waals surface area contributed by atoms with E-state index in [4.69, 9.17) is 35.1 Å². The minimum atomic E-state index is -4.15. The summed E-state index contributed by atoms with van der Waals surface area (Å²) in [5.74, 6) is 1.40. The monoisotopic (exact) mass is 552 g/mol. The van der Waals surface area contributed by atoms with Crippen LogP contribution in [0.4, 0.5) is 0 Å². The van der Waals surface area contributed by atoms with Gasteiger partial charge in [-0.1, -0.05) is 0 Å². The number of hydrogen-bond donors (Lipinski definition) is 4. The highest BCUT2D eigenvalue weighted by Crippen LogP contribution is 2.66. The highest BCUT2D eigenvalue weighted by Gasteiger charge is 2.67. The third kappa shape index (κ3) is 4.89. The van der Waals surface area contributed by atoms with Crippen LogP contribution in [0.3, 0.4) is 0 Å². The Bertz CT molecular complexity index is 1340. The maximum absolute atomic E-state index is 13.0. The van der Waals surface area contributed by atoms with E-state index in [1.807, 2.05) is 0 Å². The number of aliphatic hydroxyl groups excluding tert-OH is 3. The number of nitrogens with zero attached hydrogens (tertiary/aromatic N) is 1. The SMILES string of the molecule is COc1ccc(OP(=S)(Oc2ccc(OC)cc2)[C@@]2(n3ccc(=O)[nH]c3=O)O[C@H](CO)[C@@H](O)[C@H]2O)cc1. The number of aliphatic hydroxyl groups is 3. The topological polar surface area (TPSA) is 162 Å². The van der Waals surface area contributed by atoms with Gasteiger partial charge in [-0.2, -0.15) is 0 Å². The van der Waals surface area contributed by atoms with Crippen molar-refractivity contribution in [2.75, 3.05) is 20.8 Å². The second kappa shape index (κ2) is 10.7. The molecule has 4 atom stereocenters. The summed E-state index contributed by atoms with van der Waals surface area (Å²) in [5.41, 5.74) is -4.11. The van der Waals surface area contributed by atoms with E-state index in [1.165, 1.54) is 38.5 Å². The first-order valence-corrected chi connectivity index (χ1v) is 13.6. The summed E-state index contributed by atoms with van der Waals surface area (Å²) in [4.78, 5) is 26.9. The zero-order chi connectivity index (χ0) is 26.8. The summed E-state index contributed by atoms with van der Waals surface area (Å²) in [6, 6.07) is 13.5. The highest BCUT2D eigenvalue weighted by molar-refractivity contribution is 8.10. The van der Waals surface area contributed by atoms with Crippen molar-refractivity contribution in [1.29, 1.82) is 0 Å². The molecule has 0 unspecified atom stereocenters. The van der Waals surface area contributed by atoms with Crippen LogP contribution >= 0.6 is 6.49 Å². The molecule has 0 saturated carbocycles. The van der Waals surface area contributed by atoms with E-state index in [0.717, 1.165) is 16.8 Å². The molecule has 1 saturated heterocycles. The van der Waals surface area contributed by atoms with E-state index in [9.17, 15) is 24.9 Å². The molecule has 2 aromatic carbocycles. The number of benzene rings is 2. The summed E-state index contributed by atoms with van der Waals surface area (Å²) in [7, 11) is 2.98. The number of ether oxygens (including phenoxy) is 3. The number of hydrogen-bond acceptors (Lipinski definition) is 11. The van der Waals surface area contributed by atoms with Gasteiger partial charge in [-0.25, -0.2) is 4.79 Å². The lowest BCUT2D eigenvalue weighted by atomic mass is 10.1. The Hall–Kier alpha value is -3.19. The minimum absolute atomic E-state index is 0.173. The molecule has 14 heteroatoms. The first-order valence-electron chi connectivity index (χ1n) is 10.9. The minimum Gasteiger partial charge on any atom is -0.497 e. The van der Waals surface area contributed by atoms with Crippen LogP contribution in [0.1, 0.15) is 0 Å². The fourth-order valence-electron chi connectivity index (χ4n) is 3.86. The maximum Gasteiger partial charge on any atom is 0.345 e. The van der Waals surface area contributed by atoms with Crippen molar-refractivity contribution in [1.82, 2.24) is 9.55 Å². The molecular weight excluding hydrogens is 527 g/mol. The second-order valence-corrected chi connectivity index (χ2v) is 11.4. The summed E-state index contributed by atoms with van der Waals surface area (Å²) in [5, 5.41) is 31.9. The van der Waals surface area contributed by atoms with E-state index in [1.54, 1.807) is 24.3 Å². The normalized spacial score (nSPS) is 23.4. The molecule has 37 heavy (non-hydrogen) atoms. The van der Waals surface area contributed by atoms with Crippen LogP contribution in [-0.4, -0.2) is 64.0 Å². The third-order valence-electron chi connectivity index (χ3n) is 5.73. The molecule has 1 aromatic heterocycles. The Labute approximate surface area is 215 Å². The quantitative estimate of drug-likeness (QED) is 0.277. The van der Waals surface area contributed by atoms with Gasteiger partial charge in [0.15, 0.2) is 0 Å². The van der Waals surface area contributed by atoms with Gasteiger partial charge in [0.2, 0.25) is 0 Å². The van der Waals surface area contributed by atoms with Gasteiger partial charge in [-0.3, -0.25) is 14.3 Å². The molecule has 1 fully saturated rings. The summed E-state index contributed by atoms with van der Waals surface area (Å²) in [6.07, 6.45) is -3.93. The van der Waals surface area contributed by atoms with Gasteiger partial charge in [0.05, 0.1) is 20.8 Å². The van der Waals surface area contributed by atoms with Gasteiger partial charge in [-0.05, 0) is 60.3 Å². The zero-order valence-electron chi connectivity index (χ0n) is 19.7. The summed E-state index contributed by atoms with van der Waals surface area (Å²) < 4.78 is 29.5. The second-order valence-electron chi connectivity index (χ2n) is 7.94. The molecule has 0 spiro atoms. The van der Waals surface area contributed by atoms with Crippen molar-refractivity contribution in [3.05, 3.63) is 81.6 Å². The van der Waals surface area contributed by atoms with Gasteiger partial charge in [0, 0.05) is 12.3 Å². The lowest BCUT2D eigenvalue weighted by Gasteiger charge is -2.41. The van der Waals surface area contributed by atoms with Crippen molar-refractivity contribution in [3.8, 4) is 23.0 Å². The van der Waals surface area contributed by atoms with Gasteiger partial charge >= 0.3 is 12.2 Å². The molecule has 3 aromatic rings. The Morgan fingerprint density at radius 1 is 0.946 bits per heavy atom. The smallest absolute Gasteiger partial charge is 0.345 e. The largest absolute Gasteiger partial charge is 0.497 e. The molecule has 0 radical (unpaired) electrons. The molecule has 4 rings (SSSR count). The van der Waals surface area contributed by atoms with Crippen molar-refractivity contribution >= 4 is 18.3 Å². The third-order valence-corrected chi connectivity index (χ3v) is 9.23. The Balaban J connectivity index is 1.94. The van der Waals surface area contributed by atoms with Crippen LogP contribution in [0.25, 0.3) is 0 Å². The molecule has 1 aliphatic heterocycles. The Morgan fingerprint density at radius 3 is 1.84 bits per heavy atom. The molecule has 1 aliphatic rings. The van der Waals surface area contributed by atoms with Crippen LogP contribution in [0, 0.1) is 0 Å². The van der Waals surface area contributed by atoms with Gasteiger partial charge in [-0.15, -0.1) is 0 Å². The van der Waals surface area contributed by atoms with E-state index in [2.05, 4.69) is 4.98 Å². The number of nitrogens with one attached hydrogen (secondary N) is 1. The average Bonchev–Trinajstić information content (AvgIpc) is 3.16. The van der Waals surface area contributed by atoms with E-state index in [-0.39, 0.29) is 11.5 Å². The molecular formula is C23H25N2O10PS. The molecule has 2 heterocycles. The van der Waals surface area contributed by atoms with Crippen LogP contribution in [0.2, 0.25) is 0 Å². The van der Waals surface area contributed by atoms with Crippen molar-refractivity contribution in [2.45, 2.75) is 23.8 Å². The fraction of sp³-hybridized carbons (Fsp3) is 0.304. The first kappa shape index (κ1) is 26.9. The van der Waals surface area contributed by atoms with Crippen molar-refractivity contribution < 1.29 is 38.6 Å². The van der Waals surface area contributed by atoms with Crippen LogP contribution in [-0.2, 0) is 22.0 Å². The van der Waals surface area contributed by atoms with E-state index in [0.29, 0.717) is 11.5 Å². The lowest BCUT2D eigenvalue weighted by molar-refractivity contribution is -0.0956. The molecule has 0 aliphatic carbocycles. The number of methoxy groups -OCH3 is 2. The van der Waals surface area contributed by atoms with E-state index < -0.39 is 48.1 Å². The summed E-state index contributed by atoms with van der Waals surface area (Å²) in [6.45, 7) is -4.87. The summed E-state index contributed by atoms with van der Waals surface area (Å²) >= 11 is 5.94. The predicted molar refractivity (Wildman–Crippen MR) is 135 cm³/mol. The molecule has 4 N–H and O–H groups in total. The maximum atomic E-state index is 13.0. The Morgan fingerprint density at radius 2 is 1.43 bits per heavy atom. The molecule has 12 nitrogen and oxygen atoms in total. The standard InChI is InChI=1S/C23H25N2O10PS/c1-31-14-3-7-16(8-4-14)34-36(37,35-17-9-5-15(32-2)6-10-17)23(21(29)20(28)18(13-26)33-23)25-12-11-19(27)24-22(25)30/h3-12,18,20-21,26,28-29H,13H2,1-2H3,(H,24,27,30)/t18-,20-,21-,23+/m1/s1. The average molecular weight is 552 g/mol. The predicted octanol–water partition coefficient (Wildman–Crippen LogP) is 0.744. The van der Waals surface area contributed by atoms with Gasteiger partial charge < -0.3 is 38.6 Å². The van der Waals surface area contributed by atoms with Gasteiger partial charge in [0.25, 0.3) is 11.0 Å².